The number of carboxylic acid groups (broad SMARTS) is 1. The van der Waals surface area contributed by atoms with Crippen LogP contribution in [0.15, 0.2) is 24.4 Å². The molecule has 0 aromatic carbocycles. The number of hydrogen-bond donors (Lipinski definition) is 2. The molecule has 0 saturated carbocycles. The topological polar surface area (TPSA) is 88.0 Å². The number of rotatable bonds is 4. The Kier molecular flexibility index (Phi) is 3.70. The molecule has 2 aromatic rings. The van der Waals surface area contributed by atoms with Gasteiger partial charge in [0.1, 0.15) is 0 Å². The Bertz CT molecular complexity index is 613. The highest BCUT2D eigenvalue weighted by molar-refractivity contribution is 5.85. The molecule has 0 bridgehead atoms. The fraction of sp³-hybridized carbons (Fsp3) is 0.231. The van der Waals surface area contributed by atoms with Gasteiger partial charge in [0.2, 0.25) is 5.95 Å². The third-order valence-corrected chi connectivity index (χ3v) is 2.61. The number of nitrogens with zero attached hydrogens (tertiary/aromatic N) is 3. The Morgan fingerprint density at radius 3 is 2.84 bits per heavy atom. The molecule has 2 aromatic heterocycles. The minimum Gasteiger partial charge on any atom is -0.477 e. The number of hydrogen-bond acceptors (Lipinski definition) is 5. The molecule has 0 radical (unpaired) electrons. The molecule has 2 rings (SSSR count). The first-order valence-corrected chi connectivity index (χ1v) is 5.79. The van der Waals surface area contributed by atoms with Gasteiger partial charge in [-0.05, 0) is 31.5 Å². The summed E-state index contributed by atoms with van der Waals surface area (Å²) in [5.74, 6) is -0.773. The molecule has 0 unspecified atom stereocenters. The van der Waals surface area contributed by atoms with Crippen LogP contribution in [-0.4, -0.2) is 26.0 Å². The second-order valence-corrected chi connectivity index (χ2v) is 4.14. The van der Waals surface area contributed by atoms with E-state index in [9.17, 15) is 4.79 Å². The maximum Gasteiger partial charge on any atom is 0.354 e. The molecule has 2 heterocycles. The average molecular weight is 258 g/mol. The maximum absolute atomic E-state index is 10.9. The van der Waals surface area contributed by atoms with Crippen molar-refractivity contribution in [3.05, 3.63) is 47.0 Å². The number of aryl methyl sites for hydroxylation is 2. The van der Waals surface area contributed by atoms with Crippen LogP contribution in [0.5, 0.6) is 0 Å². The van der Waals surface area contributed by atoms with Gasteiger partial charge in [0, 0.05) is 11.9 Å². The summed E-state index contributed by atoms with van der Waals surface area (Å²) < 4.78 is 0. The molecule has 0 fully saturated rings. The summed E-state index contributed by atoms with van der Waals surface area (Å²) >= 11 is 0. The SMILES string of the molecule is Cc1cc(C(=O)O)nc(NCc2ncccc2C)n1. The van der Waals surface area contributed by atoms with Crippen LogP contribution >= 0.6 is 0 Å². The molecule has 0 aliphatic carbocycles. The predicted molar refractivity (Wildman–Crippen MR) is 70.0 cm³/mol. The third kappa shape index (κ3) is 3.25. The van der Waals surface area contributed by atoms with E-state index in [-0.39, 0.29) is 5.69 Å². The number of aromatic carboxylic acids is 1. The van der Waals surface area contributed by atoms with Crippen LogP contribution in [0.1, 0.15) is 27.4 Å². The summed E-state index contributed by atoms with van der Waals surface area (Å²) in [6.45, 7) is 4.14. The number of nitrogens with one attached hydrogen (secondary N) is 1. The zero-order chi connectivity index (χ0) is 13.8. The lowest BCUT2D eigenvalue weighted by Gasteiger charge is -2.07. The molecule has 0 spiro atoms. The monoisotopic (exact) mass is 258 g/mol. The Balaban J connectivity index is 2.16. The van der Waals surface area contributed by atoms with E-state index in [1.54, 1.807) is 13.1 Å². The highest BCUT2D eigenvalue weighted by Gasteiger charge is 2.08. The van der Waals surface area contributed by atoms with Gasteiger partial charge in [-0.1, -0.05) is 6.07 Å². The molecule has 19 heavy (non-hydrogen) atoms. The fourth-order valence-corrected chi connectivity index (χ4v) is 1.62. The summed E-state index contributed by atoms with van der Waals surface area (Å²) in [5.41, 5.74) is 2.52. The van der Waals surface area contributed by atoms with E-state index in [0.29, 0.717) is 18.2 Å². The van der Waals surface area contributed by atoms with E-state index in [1.807, 2.05) is 19.1 Å². The zero-order valence-corrected chi connectivity index (χ0v) is 10.7. The maximum atomic E-state index is 10.9. The van der Waals surface area contributed by atoms with Gasteiger partial charge >= 0.3 is 5.97 Å². The number of pyridine rings is 1. The first-order valence-electron chi connectivity index (χ1n) is 5.79. The first kappa shape index (κ1) is 12.9. The van der Waals surface area contributed by atoms with Crippen molar-refractivity contribution >= 4 is 11.9 Å². The minimum absolute atomic E-state index is 0.0206. The van der Waals surface area contributed by atoms with E-state index >= 15 is 0 Å². The molecule has 0 amide bonds. The van der Waals surface area contributed by atoms with Crippen LogP contribution < -0.4 is 5.32 Å². The molecular formula is C13H14N4O2. The van der Waals surface area contributed by atoms with Crippen molar-refractivity contribution in [2.75, 3.05) is 5.32 Å². The van der Waals surface area contributed by atoms with Crippen LogP contribution in [-0.2, 0) is 6.54 Å². The molecule has 6 nitrogen and oxygen atoms in total. The van der Waals surface area contributed by atoms with Gasteiger partial charge in [-0.2, -0.15) is 0 Å². The summed E-state index contributed by atoms with van der Waals surface area (Å²) in [4.78, 5) is 23.2. The summed E-state index contributed by atoms with van der Waals surface area (Å²) in [5, 5.41) is 11.9. The average Bonchev–Trinajstić information content (AvgIpc) is 2.37. The van der Waals surface area contributed by atoms with Crippen molar-refractivity contribution in [2.24, 2.45) is 0 Å². The summed E-state index contributed by atoms with van der Waals surface area (Å²) in [7, 11) is 0. The van der Waals surface area contributed by atoms with E-state index in [2.05, 4.69) is 20.3 Å². The van der Waals surface area contributed by atoms with Gasteiger partial charge in [-0.3, -0.25) is 4.98 Å². The summed E-state index contributed by atoms with van der Waals surface area (Å²) in [6, 6.07) is 5.26. The van der Waals surface area contributed by atoms with Crippen molar-refractivity contribution in [2.45, 2.75) is 20.4 Å². The van der Waals surface area contributed by atoms with Gasteiger partial charge in [0.15, 0.2) is 5.69 Å². The van der Waals surface area contributed by atoms with Crippen LogP contribution in [0.4, 0.5) is 5.95 Å². The molecule has 0 atom stereocenters. The van der Waals surface area contributed by atoms with Crippen LogP contribution in [0.2, 0.25) is 0 Å². The van der Waals surface area contributed by atoms with Crippen molar-refractivity contribution in [3.8, 4) is 0 Å². The van der Waals surface area contributed by atoms with Gasteiger partial charge in [0.25, 0.3) is 0 Å². The first-order chi connectivity index (χ1) is 9.06. The number of anilines is 1. The van der Waals surface area contributed by atoms with Gasteiger partial charge in [-0.15, -0.1) is 0 Å². The number of aromatic nitrogens is 3. The van der Waals surface area contributed by atoms with Crippen molar-refractivity contribution in [3.63, 3.8) is 0 Å². The standard InChI is InChI=1S/C13H14N4O2/c1-8-4-3-5-14-11(8)7-15-13-16-9(2)6-10(17-13)12(18)19/h3-6H,7H2,1-2H3,(H,18,19)(H,15,16,17). The van der Waals surface area contributed by atoms with E-state index in [0.717, 1.165) is 11.3 Å². The molecule has 0 saturated heterocycles. The molecule has 2 N–H and O–H groups in total. The fourth-order valence-electron chi connectivity index (χ4n) is 1.62. The lowest BCUT2D eigenvalue weighted by molar-refractivity contribution is 0.0690. The Morgan fingerprint density at radius 2 is 2.16 bits per heavy atom. The lowest BCUT2D eigenvalue weighted by atomic mass is 10.2. The molecule has 6 heteroatoms. The minimum atomic E-state index is -1.07. The molecule has 0 aliphatic rings. The second-order valence-electron chi connectivity index (χ2n) is 4.14. The Labute approximate surface area is 110 Å². The van der Waals surface area contributed by atoms with Gasteiger partial charge in [0.05, 0.1) is 12.2 Å². The molecule has 98 valence electrons. The normalized spacial score (nSPS) is 10.2. The van der Waals surface area contributed by atoms with Crippen LogP contribution in [0.25, 0.3) is 0 Å². The van der Waals surface area contributed by atoms with Gasteiger partial charge < -0.3 is 10.4 Å². The molecule has 0 aliphatic heterocycles. The van der Waals surface area contributed by atoms with Crippen molar-refractivity contribution in [1.82, 2.24) is 15.0 Å². The number of carboxylic acids is 1. The predicted octanol–water partition coefficient (Wildman–Crippen LogP) is 1.80. The third-order valence-electron chi connectivity index (χ3n) is 2.61. The quantitative estimate of drug-likeness (QED) is 0.869. The van der Waals surface area contributed by atoms with Crippen molar-refractivity contribution < 1.29 is 9.90 Å². The molecular weight excluding hydrogens is 244 g/mol. The van der Waals surface area contributed by atoms with Crippen LogP contribution in [0.3, 0.4) is 0 Å². The zero-order valence-electron chi connectivity index (χ0n) is 10.7. The lowest BCUT2D eigenvalue weighted by Crippen LogP contribution is -2.10. The highest BCUT2D eigenvalue weighted by atomic mass is 16.4. The smallest absolute Gasteiger partial charge is 0.354 e. The van der Waals surface area contributed by atoms with E-state index in [1.165, 1.54) is 6.07 Å². The van der Waals surface area contributed by atoms with Crippen molar-refractivity contribution in [1.29, 1.82) is 0 Å². The summed E-state index contributed by atoms with van der Waals surface area (Å²) in [6.07, 6.45) is 1.71. The van der Waals surface area contributed by atoms with Crippen LogP contribution in [0, 0.1) is 13.8 Å². The highest BCUT2D eigenvalue weighted by Crippen LogP contribution is 2.08. The second kappa shape index (κ2) is 5.43. The Morgan fingerprint density at radius 1 is 1.37 bits per heavy atom. The number of carbonyl (C=O) groups is 1. The van der Waals surface area contributed by atoms with E-state index in [4.69, 9.17) is 5.11 Å². The van der Waals surface area contributed by atoms with E-state index < -0.39 is 5.97 Å². The largest absolute Gasteiger partial charge is 0.477 e. The van der Waals surface area contributed by atoms with Gasteiger partial charge in [-0.25, -0.2) is 14.8 Å². The Hall–Kier alpha value is -2.50.